The molecule has 0 saturated carbocycles. The Balaban J connectivity index is 1.51. The third kappa shape index (κ3) is 2.42. The minimum Gasteiger partial charge on any atom is -0.449 e. The Hall–Kier alpha value is -2.91. The second-order valence-corrected chi connectivity index (χ2v) is 7.52. The van der Waals surface area contributed by atoms with E-state index in [4.69, 9.17) is 4.74 Å². The molecule has 0 aromatic heterocycles. The molecule has 2 saturated heterocycles. The van der Waals surface area contributed by atoms with Gasteiger partial charge in [-0.15, -0.1) is 0 Å². The first-order valence-electron chi connectivity index (χ1n) is 9.26. The summed E-state index contributed by atoms with van der Waals surface area (Å²) < 4.78 is 5.88. The van der Waals surface area contributed by atoms with Crippen LogP contribution < -0.4 is 0 Å². The highest BCUT2D eigenvalue weighted by molar-refractivity contribution is 5.90. The van der Waals surface area contributed by atoms with Crippen LogP contribution in [-0.4, -0.2) is 40.0 Å². The number of piperidine rings is 1. The van der Waals surface area contributed by atoms with Crippen molar-refractivity contribution in [3.8, 4) is 11.8 Å². The molecule has 136 valence electrons. The zero-order valence-corrected chi connectivity index (χ0v) is 14.7. The summed E-state index contributed by atoms with van der Waals surface area (Å²) in [5.74, 6) is 6.01. The van der Waals surface area contributed by atoms with Crippen LogP contribution in [-0.2, 0) is 9.53 Å². The second kappa shape index (κ2) is 5.80. The lowest BCUT2D eigenvalue weighted by atomic mass is 9.77. The number of carbonyl (C=O) groups is 1. The van der Waals surface area contributed by atoms with Crippen molar-refractivity contribution >= 4 is 11.7 Å². The van der Waals surface area contributed by atoms with Crippen molar-refractivity contribution in [1.29, 1.82) is 0 Å². The van der Waals surface area contributed by atoms with Crippen LogP contribution >= 0.6 is 0 Å². The molecule has 2 fully saturated rings. The number of non-ortho nitro benzene ring substituents is 1. The van der Waals surface area contributed by atoms with Gasteiger partial charge in [0, 0.05) is 47.4 Å². The van der Waals surface area contributed by atoms with Crippen molar-refractivity contribution in [2.45, 2.75) is 43.4 Å². The molecule has 2 bridgehead atoms. The fourth-order valence-electron chi connectivity index (χ4n) is 4.98. The summed E-state index contributed by atoms with van der Waals surface area (Å²) in [5, 5.41) is 10.8. The molecule has 0 unspecified atom stereocenters. The van der Waals surface area contributed by atoms with Gasteiger partial charge in [-0.2, -0.15) is 0 Å². The molecule has 5 rings (SSSR count). The van der Waals surface area contributed by atoms with Gasteiger partial charge in [0.25, 0.3) is 5.69 Å². The molecule has 3 heterocycles. The van der Waals surface area contributed by atoms with Crippen molar-refractivity contribution in [2.24, 2.45) is 0 Å². The molecule has 6 heteroatoms. The monoisotopic (exact) mass is 362 g/mol. The van der Waals surface area contributed by atoms with Crippen molar-refractivity contribution < 1.29 is 14.5 Å². The Morgan fingerprint density at radius 2 is 2.04 bits per heavy atom. The van der Waals surface area contributed by atoms with E-state index in [9.17, 15) is 14.9 Å². The average Bonchev–Trinajstić information content (AvgIpc) is 3.15. The van der Waals surface area contributed by atoms with E-state index in [-0.39, 0.29) is 23.7 Å². The molecule has 3 aliphatic heterocycles. The normalized spacial score (nSPS) is 31.0. The summed E-state index contributed by atoms with van der Waals surface area (Å²) in [6, 6.07) is 6.68. The SMILES string of the molecule is O=C1C=C2C(C#Cc3ccc([N+](=O)[O-])cc3)=C[C@@H]3C[C@@]2(O1)[C@H]1CCCCN31. The van der Waals surface area contributed by atoms with Gasteiger partial charge >= 0.3 is 5.97 Å². The van der Waals surface area contributed by atoms with Gasteiger partial charge in [-0.25, -0.2) is 4.79 Å². The third-order valence-electron chi connectivity index (χ3n) is 6.09. The van der Waals surface area contributed by atoms with Crippen LogP contribution in [0.1, 0.15) is 31.2 Å². The summed E-state index contributed by atoms with van der Waals surface area (Å²) in [6.07, 6.45) is 7.95. The van der Waals surface area contributed by atoms with E-state index in [1.807, 2.05) is 0 Å². The van der Waals surface area contributed by atoms with E-state index in [1.54, 1.807) is 18.2 Å². The second-order valence-electron chi connectivity index (χ2n) is 7.52. The molecule has 27 heavy (non-hydrogen) atoms. The molecule has 4 aliphatic rings. The first-order chi connectivity index (χ1) is 13.1. The van der Waals surface area contributed by atoms with Crippen LogP contribution in [0.2, 0.25) is 0 Å². The molecule has 1 aromatic rings. The van der Waals surface area contributed by atoms with Crippen LogP contribution in [0.5, 0.6) is 0 Å². The summed E-state index contributed by atoms with van der Waals surface area (Å²) in [4.78, 5) is 25.0. The zero-order valence-electron chi connectivity index (χ0n) is 14.7. The predicted octanol–water partition coefficient (Wildman–Crippen LogP) is 2.74. The first-order valence-corrected chi connectivity index (χ1v) is 9.26. The van der Waals surface area contributed by atoms with E-state index in [0.29, 0.717) is 5.56 Å². The zero-order chi connectivity index (χ0) is 18.6. The van der Waals surface area contributed by atoms with Gasteiger partial charge in [0.05, 0.1) is 11.0 Å². The summed E-state index contributed by atoms with van der Waals surface area (Å²) in [6.45, 7) is 1.03. The maximum atomic E-state index is 12.1. The molecule has 0 N–H and O–H groups in total. The van der Waals surface area contributed by atoms with Crippen molar-refractivity contribution in [2.75, 3.05) is 6.54 Å². The Kier molecular flexibility index (Phi) is 3.49. The smallest absolute Gasteiger partial charge is 0.332 e. The lowest BCUT2D eigenvalue weighted by Gasteiger charge is -2.38. The van der Waals surface area contributed by atoms with E-state index < -0.39 is 10.5 Å². The quantitative estimate of drug-likeness (QED) is 0.332. The van der Waals surface area contributed by atoms with Gasteiger partial charge in [-0.1, -0.05) is 24.3 Å². The van der Waals surface area contributed by atoms with Gasteiger partial charge in [0.15, 0.2) is 5.60 Å². The maximum absolute atomic E-state index is 12.1. The van der Waals surface area contributed by atoms with Crippen molar-refractivity contribution in [3.63, 3.8) is 0 Å². The lowest BCUT2D eigenvalue weighted by Crippen LogP contribution is -2.48. The Labute approximate surface area is 156 Å². The first kappa shape index (κ1) is 16.3. The predicted molar refractivity (Wildman–Crippen MR) is 97.7 cm³/mol. The van der Waals surface area contributed by atoms with Crippen molar-refractivity contribution in [3.05, 3.63) is 63.2 Å². The molecule has 1 aromatic carbocycles. The number of rotatable bonds is 1. The Bertz CT molecular complexity index is 966. The van der Waals surface area contributed by atoms with Crippen LogP contribution in [0.25, 0.3) is 0 Å². The maximum Gasteiger partial charge on any atom is 0.332 e. The number of hydrogen-bond acceptors (Lipinski definition) is 5. The third-order valence-corrected chi connectivity index (χ3v) is 6.09. The number of carbonyl (C=O) groups excluding carboxylic acids is 1. The molecular formula is C21H18N2O4. The molecule has 3 atom stereocenters. The van der Waals surface area contributed by atoms with Gasteiger partial charge in [-0.05, 0) is 31.5 Å². The topological polar surface area (TPSA) is 72.7 Å². The van der Waals surface area contributed by atoms with Crippen LogP contribution in [0.3, 0.4) is 0 Å². The minimum atomic E-state index is -0.545. The van der Waals surface area contributed by atoms with Gasteiger partial charge in [0.2, 0.25) is 0 Å². The Morgan fingerprint density at radius 3 is 2.81 bits per heavy atom. The van der Waals surface area contributed by atoms with Gasteiger partial charge in [0.1, 0.15) is 0 Å². The number of fused-ring (bicyclic) bond motifs is 3. The lowest BCUT2D eigenvalue weighted by molar-refractivity contribution is -0.384. The van der Waals surface area contributed by atoms with E-state index >= 15 is 0 Å². The van der Waals surface area contributed by atoms with Gasteiger partial charge < -0.3 is 4.74 Å². The van der Waals surface area contributed by atoms with Gasteiger partial charge in [-0.3, -0.25) is 15.0 Å². The highest BCUT2D eigenvalue weighted by atomic mass is 16.6. The van der Waals surface area contributed by atoms with E-state index in [2.05, 4.69) is 22.8 Å². The Morgan fingerprint density at radius 1 is 1.22 bits per heavy atom. The van der Waals surface area contributed by atoms with Crippen LogP contribution in [0, 0.1) is 22.0 Å². The minimum absolute atomic E-state index is 0.0452. The molecular weight excluding hydrogens is 344 g/mol. The number of esters is 1. The molecule has 1 spiro atoms. The number of hydrogen-bond donors (Lipinski definition) is 0. The molecule has 0 radical (unpaired) electrons. The summed E-state index contributed by atoms with van der Waals surface area (Å²) in [5.41, 5.74) is 1.97. The molecule has 1 aliphatic carbocycles. The molecule has 0 amide bonds. The fourth-order valence-corrected chi connectivity index (χ4v) is 4.98. The van der Waals surface area contributed by atoms with Crippen molar-refractivity contribution in [1.82, 2.24) is 4.90 Å². The fraction of sp³-hybridized carbons (Fsp3) is 0.381. The van der Waals surface area contributed by atoms with E-state index in [0.717, 1.165) is 37.0 Å². The average molecular weight is 362 g/mol. The largest absolute Gasteiger partial charge is 0.449 e. The summed E-state index contributed by atoms with van der Waals surface area (Å²) in [7, 11) is 0. The highest BCUT2D eigenvalue weighted by Crippen LogP contribution is 2.53. The number of nitrogens with zero attached hydrogens (tertiary/aromatic N) is 2. The number of benzene rings is 1. The number of ether oxygens (including phenoxy) is 1. The number of nitro groups is 1. The standard InChI is InChI=1S/C21H18N2O4/c24-20-12-18-15(7-4-14-5-8-16(9-6-14)23(25)26)11-17-13-21(18,27-20)19-3-1-2-10-22(17)19/h5-6,8-9,11-12,17,19H,1-3,10,13H2/t17-,19-,21+/m1/s1. The molecule has 6 nitrogen and oxygen atoms in total. The van der Waals surface area contributed by atoms with E-state index in [1.165, 1.54) is 18.6 Å². The number of nitro benzene ring substituents is 1. The highest BCUT2D eigenvalue weighted by Gasteiger charge is 2.61. The summed E-state index contributed by atoms with van der Waals surface area (Å²) >= 11 is 0. The van der Waals surface area contributed by atoms with Crippen LogP contribution in [0.15, 0.2) is 47.6 Å². The van der Waals surface area contributed by atoms with Crippen LogP contribution in [0.4, 0.5) is 5.69 Å².